The summed E-state index contributed by atoms with van der Waals surface area (Å²) in [6.45, 7) is 2.79. The molecule has 1 N–H and O–H groups in total. The summed E-state index contributed by atoms with van der Waals surface area (Å²) in [6.07, 6.45) is 3.99. The maximum atomic E-state index is 12.8. The smallest absolute Gasteiger partial charge is 0.255 e. The van der Waals surface area contributed by atoms with E-state index in [9.17, 15) is 4.79 Å². The average Bonchev–Trinajstić information content (AvgIpc) is 3.30. The van der Waals surface area contributed by atoms with Crippen LogP contribution in [0.2, 0.25) is 0 Å². The van der Waals surface area contributed by atoms with Gasteiger partial charge in [0.05, 0.1) is 43.0 Å². The molecule has 0 spiro atoms. The number of nitriles is 2. The Hall–Kier alpha value is -5.07. The molecule has 12 heteroatoms. The van der Waals surface area contributed by atoms with E-state index in [1.165, 1.54) is 12.4 Å². The number of fused-ring (bicyclic) bond motifs is 1. The molecule has 1 amide bonds. The van der Waals surface area contributed by atoms with Crippen molar-refractivity contribution in [3.8, 4) is 23.8 Å². The van der Waals surface area contributed by atoms with E-state index >= 15 is 0 Å². The van der Waals surface area contributed by atoms with E-state index in [0.29, 0.717) is 58.7 Å². The molecule has 1 atom stereocenters. The van der Waals surface area contributed by atoms with Gasteiger partial charge in [-0.25, -0.2) is 15.0 Å². The maximum absolute atomic E-state index is 12.8. The third kappa shape index (κ3) is 4.87. The van der Waals surface area contributed by atoms with Crippen molar-refractivity contribution in [2.24, 2.45) is 7.05 Å². The third-order valence-corrected chi connectivity index (χ3v) is 5.81. The highest BCUT2D eigenvalue weighted by Gasteiger charge is 2.25. The second-order valence-electron chi connectivity index (χ2n) is 8.38. The van der Waals surface area contributed by atoms with Crippen LogP contribution in [0.25, 0.3) is 11.2 Å². The zero-order valence-electron chi connectivity index (χ0n) is 20.0. The summed E-state index contributed by atoms with van der Waals surface area (Å²) in [6, 6.07) is 10.8. The largest absolute Gasteiger partial charge is 0.437 e. The van der Waals surface area contributed by atoms with Gasteiger partial charge in [-0.05, 0) is 30.7 Å². The number of aromatic nitrogens is 5. The SMILES string of the molecule is Cc1cc(C#N)ncc1Oc1cc(Nc2ccc(C(=O)N3CCOC(C#N)C3)cn2)c2ncn(C)c2n1. The normalized spacial score (nSPS) is 15.1. The van der Waals surface area contributed by atoms with Crippen LogP contribution in [0, 0.1) is 29.6 Å². The van der Waals surface area contributed by atoms with Gasteiger partial charge >= 0.3 is 0 Å². The fourth-order valence-electron chi connectivity index (χ4n) is 3.87. The standard InChI is InChI=1S/C25H21N9O3/c1-15-7-17(9-26)28-12-20(15)37-22-8-19(23-24(32-22)33(2)14-30-23)31-21-4-3-16(11-29-21)25(35)34-5-6-36-18(10-27)13-34/h3-4,7-8,11-12,14,18H,5-6,13H2,1-2H3,(H,29,31,32). The number of anilines is 2. The number of imidazole rings is 1. The summed E-state index contributed by atoms with van der Waals surface area (Å²) in [4.78, 5) is 31.9. The fraction of sp³-hybridized carbons (Fsp3) is 0.240. The molecule has 184 valence electrons. The molecule has 0 radical (unpaired) electrons. The van der Waals surface area contributed by atoms with Crippen LogP contribution in [0.1, 0.15) is 21.6 Å². The molecule has 1 aliphatic heterocycles. The zero-order valence-corrected chi connectivity index (χ0v) is 20.0. The zero-order chi connectivity index (χ0) is 25.9. The lowest BCUT2D eigenvalue weighted by Gasteiger charge is -2.29. The molecule has 37 heavy (non-hydrogen) atoms. The summed E-state index contributed by atoms with van der Waals surface area (Å²) in [5, 5.41) is 21.4. The van der Waals surface area contributed by atoms with Crippen LogP contribution in [-0.4, -0.2) is 61.1 Å². The van der Waals surface area contributed by atoms with Crippen molar-refractivity contribution in [3.05, 3.63) is 59.8 Å². The van der Waals surface area contributed by atoms with Gasteiger partial charge in [0.15, 0.2) is 17.5 Å². The number of nitrogens with zero attached hydrogens (tertiary/aromatic N) is 8. The van der Waals surface area contributed by atoms with Gasteiger partial charge in [0.2, 0.25) is 5.88 Å². The number of rotatable bonds is 5. The third-order valence-electron chi connectivity index (χ3n) is 5.81. The van der Waals surface area contributed by atoms with E-state index in [1.807, 2.05) is 26.1 Å². The van der Waals surface area contributed by atoms with Gasteiger partial charge in [0, 0.05) is 25.9 Å². The second kappa shape index (κ2) is 9.89. The van der Waals surface area contributed by atoms with Gasteiger partial charge in [-0.3, -0.25) is 4.79 Å². The minimum Gasteiger partial charge on any atom is -0.437 e. The molecule has 12 nitrogen and oxygen atoms in total. The number of carbonyl (C=O) groups excluding carboxylic acids is 1. The molecule has 4 aromatic rings. The van der Waals surface area contributed by atoms with Crippen LogP contribution in [0.5, 0.6) is 11.6 Å². The molecule has 5 rings (SSSR count). The lowest BCUT2D eigenvalue weighted by molar-refractivity contribution is 0.00345. The number of ether oxygens (including phenoxy) is 2. The number of pyridine rings is 3. The van der Waals surface area contributed by atoms with E-state index in [2.05, 4.69) is 25.3 Å². The molecule has 1 fully saturated rings. The molecule has 1 aliphatic rings. The first-order valence-electron chi connectivity index (χ1n) is 11.4. The summed E-state index contributed by atoms with van der Waals surface area (Å²) >= 11 is 0. The first kappa shape index (κ1) is 23.7. The summed E-state index contributed by atoms with van der Waals surface area (Å²) < 4.78 is 13.1. The first-order valence-corrected chi connectivity index (χ1v) is 11.4. The Morgan fingerprint density at radius 1 is 1.22 bits per heavy atom. The highest BCUT2D eigenvalue weighted by molar-refractivity contribution is 5.94. The van der Waals surface area contributed by atoms with Crippen molar-refractivity contribution in [2.75, 3.05) is 25.0 Å². The Bertz CT molecular complexity index is 1570. The topological polar surface area (TPSA) is 155 Å². The van der Waals surface area contributed by atoms with Crippen LogP contribution in [-0.2, 0) is 11.8 Å². The molecule has 0 aromatic carbocycles. The number of morpholine rings is 1. The Morgan fingerprint density at radius 2 is 2.08 bits per heavy atom. The molecule has 5 heterocycles. The predicted molar refractivity (Wildman–Crippen MR) is 131 cm³/mol. The second-order valence-corrected chi connectivity index (χ2v) is 8.38. The van der Waals surface area contributed by atoms with E-state index in [0.717, 1.165) is 5.56 Å². The molecular weight excluding hydrogens is 474 g/mol. The predicted octanol–water partition coefficient (Wildman–Crippen LogP) is 2.84. The Morgan fingerprint density at radius 3 is 2.81 bits per heavy atom. The summed E-state index contributed by atoms with van der Waals surface area (Å²) in [5.41, 5.74) is 3.27. The van der Waals surface area contributed by atoms with Crippen LogP contribution in [0.3, 0.4) is 0 Å². The molecule has 1 unspecified atom stereocenters. The highest BCUT2D eigenvalue weighted by atomic mass is 16.5. The highest BCUT2D eigenvalue weighted by Crippen LogP contribution is 2.31. The number of nitrogens with one attached hydrogen (secondary N) is 1. The van der Waals surface area contributed by atoms with Crippen LogP contribution in [0.4, 0.5) is 11.5 Å². The monoisotopic (exact) mass is 495 g/mol. The van der Waals surface area contributed by atoms with Crippen LogP contribution in [0.15, 0.2) is 43.0 Å². The number of hydrogen-bond donors (Lipinski definition) is 1. The van der Waals surface area contributed by atoms with Gasteiger partial charge in [0.1, 0.15) is 23.1 Å². The molecular formula is C25H21N9O3. The van der Waals surface area contributed by atoms with Crippen molar-refractivity contribution in [1.29, 1.82) is 10.5 Å². The number of aryl methyl sites for hydroxylation is 2. The van der Waals surface area contributed by atoms with E-state index in [-0.39, 0.29) is 12.5 Å². The molecule has 0 saturated carbocycles. The Kier molecular flexibility index (Phi) is 6.32. The van der Waals surface area contributed by atoms with Crippen LogP contribution < -0.4 is 10.1 Å². The Balaban J connectivity index is 1.39. The van der Waals surface area contributed by atoms with Crippen molar-refractivity contribution >= 4 is 28.6 Å². The van der Waals surface area contributed by atoms with Gasteiger partial charge in [-0.1, -0.05) is 0 Å². The van der Waals surface area contributed by atoms with Crippen LogP contribution >= 0.6 is 0 Å². The molecule has 4 aromatic heterocycles. The van der Waals surface area contributed by atoms with Gasteiger partial charge in [-0.2, -0.15) is 15.5 Å². The fourth-order valence-corrected chi connectivity index (χ4v) is 3.87. The number of amides is 1. The van der Waals surface area contributed by atoms with E-state index < -0.39 is 6.10 Å². The van der Waals surface area contributed by atoms with Gasteiger partial charge in [-0.15, -0.1) is 0 Å². The van der Waals surface area contributed by atoms with E-state index in [1.54, 1.807) is 40.1 Å². The number of carbonyl (C=O) groups is 1. The van der Waals surface area contributed by atoms with Gasteiger partial charge < -0.3 is 24.3 Å². The lowest BCUT2D eigenvalue weighted by atomic mass is 10.2. The first-order chi connectivity index (χ1) is 17.9. The van der Waals surface area contributed by atoms with E-state index in [4.69, 9.17) is 20.0 Å². The van der Waals surface area contributed by atoms with Crippen molar-refractivity contribution in [2.45, 2.75) is 13.0 Å². The summed E-state index contributed by atoms with van der Waals surface area (Å²) in [7, 11) is 1.82. The Labute approximate surface area is 211 Å². The lowest BCUT2D eigenvalue weighted by Crippen LogP contribution is -2.45. The molecule has 0 bridgehead atoms. The minimum absolute atomic E-state index is 0.208. The quantitative estimate of drug-likeness (QED) is 0.437. The summed E-state index contributed by atoms with van der Waals surface area (Å²) in [5.74, 6) is 1.07. The maximum Gasteiger partial charge on any atom is 0.255 e. The molecule has 0 aliphatic carbocycles. The van der Waals surface area contributed by atoms with Crippen molar-refractivity contribution in [1.82, 2.24) is 29.4 Å². The number of hydrogen-bond acceptors (Lipinski definition) is 10. The average molecular weight is 496 g/mol. The van der Waals surface area contributed by atoms with Gasteiger partial charge in [0.25, 0.3) is 5.91 Å². The molecule has 1 saturated heterocycles. The minimum atomic E-state index is -0.626. The van der Waals surface area contributed by atoms with Crippen molar-refractivity contribution in [3.63, 3.8) is 0 Å². The van der Waals surface area contributed by atoms with Crippen molar-refractivity contribution < 1.29 is 14.3 Å².